The highest BCUT2D eigenvalue weighted by Crippen LogP contribution is 2.45. The number of aryl methyl sites for hydroxylation is 2. The predicted molar refractivity (Wildman–Crippen MR) is 112 cm³/mol. The standard InChI is InChI=1S/C24H18S2/c1-3-7-19(8-4-1)25-21-15-13-17-11-12-18-14-16-22(24(21)23(17)18)26-20-9-5-2-6-10-20/h1-10,13-16H,11-12H2. The summed E-state index contributed by atoms with van der Waals surface area (Å²) in [5, 5.41) is 2.92. The van der Waals surface area contributed by atoms with Gasteiger partial charge < -0.3 is 0 Å². The maximum atomic E-state index is 2.33. The molecule has 0 fully saturated rings. The number of rotatable bonds is 4. The zero-order valence-corrected chi connectivity index (χ0v) is 15.9. The van der Waals surface area contributed by atoms with Crippen molar-refractivity contribution in [1.29, 1.82) is 0 Å². The molecule has 0 radical (unpaired) electrons. The Morgan fingerprint density at radius 2 is 0.923 bits per heavy atom. The lowest BCUT2D eigenvalue weighted by Crippen LogP contribution is -1.87. The van der Waals surface area contributed by atoms with Crippen molar-refractivity contribution in [3.05, 3.63) is 96.1 Å². The van der Waals surface area contributed by atoms with E-state index in [0.29, 0.717) is 0 Å². The van der Waals surface area contributed by atoms with E-state index in [1.807, 2.05) is 23.5 Å². The molecule has 0 N–H and O–H groups in total. The number of benzene rings is 4. The fraction of sp³-hybridized carbons (Fsp3) is 0.0833. The smallest absolute Gasteiger partial charge is 0.0212 e. The summed E-state index contributed by atoms with van der Waals surface area (Å²) in [7, 11) is 0. The normalized spacial score (nSPS) is 12.6. The van der Waals surface area contributed by atoms with Crippen LogP contribution in [0.25, 0.3) is 10.8 Å². The van der Waals surface area contributed by atoms with Crippen LogP contribution in [0.3, 0.4) is 0 Å². The van der Waals surface area contributed by atoms with Gasteiger partial charge in [-0.15, -0.1) is 0 Å². The quantitative estimate of drug-likeness (QED) is 0.371. The van der Waals surface area contributed by atoms with Crippen LogP contribution in [0.5, 0.6) is 0 Å². The molecule has 2 heteroatoms. The first-order valence-corrected chi connectivity index (χ1v) is 10.5. The summed E-state index contributed by atoms with van der Waals surface area (Å²) in [4.78, 5) is 5.30. The van der Waals surface area contributed by atoms with Gasteiger partial charge in [-0.2, -0.15) is 0 Å². The molecule has 1 aliphatic carbocycles. The molecule has 1 aliphatic rings. The van der Waals surface area contributed by atoms with Crippen LogP contribution in [-0.2, 0) is 12.8 Å². The van der Waals surface area contributed by atoms with E-state index >= 15 is 0 Å². The summed E-state index contributed by atoms with van der Waals surface area (Å²) < 4.78 is 0. The molecule has 0 aliphatic heterocycles. The van der Waals surface area contributed by atoms with Gasteiger partial charge in [-0.1, -0.05) is 72.1 Å². The van der Waals surface area contributed by atoms with Crippen LogP contribution in [-0.4, -0.2) is 0 Å². The molecular weight excluding hydrogens is 352 g/mol. The van der Waals surface area contributed by atoms with Crippen molar-refractivity contribution in [2.75, 3.05) is 0 Å². The Kier molecular flexibility index (Phi) is 4.24. The second kappa shape index (κ2) is 6.86. The van der Waals surface area contributed by atoms with Gasteiger partial charge in [0.05, 0.1) is 0 Å². The lowest BCUT2D eigenvalue weighted by molar-refractivity contribution is 1.02. The summed E-state index contributed by atoms with van der Waals surface area (Å²) in [5.74, 6) is 0. The molecule has 4 aromatic rings. The summed E-state index contributed by atoms with van der Waals surface area (Å²) >= 11 is 3.75. The lowest BCUT2D eigenvalue weighted by Gasteiger charge is -2.13. The minimum atomic E-state index is 1.17. The third-order valence-electron chi connectivity index (χ3n) is 4.86. The first-order valence-electron chi connectivity index (χ1n) is 8.92. The monoisotopic (exact) mass is 370 g/mol. The Morgan fingerprint density at radius 1 is 0.462 bits per heavy atom. The molecule has 4 aromatic carbocycles. The molecule has 0 atom stereocenters. The molecule has 0 amide bonds. The molecule has 0 nitrogen and oxygen atoms in total. The second-order valence-corrected chi connectivity index (χ2v) is 8.76. The van der Waals surface area contributed by atoms with E-state index in [-0.39, 0.29) is 0 Å². The van der Waals surface area contributed by atoms with Crippen molar-refractivity contribution in [2.24, 2.45) is 0 Å². The molecule has 0 spiro atoms. The first-order chi connectivity index (χ1) is 12.9. The summed E-state index contributed by atoms with van der Waals surface area (Å²) in [6.45, 7) is 0. The maximum Gasteiger partial charge on any atom is 0.0212 e. The van der Waals surface area contributed by atoms with Gasteiger partial charge in [-0.3, -0.25) is 0 Å². The maximum absolute atomic E-state index is 2.33. The highest BCUT2D eigenvalue weighted by molar-refractivity contribution is 8.00. The zero-order chi connectivity index (χ0) is 17.3. The van der Waals surface area contributed by atoms with Crippen molar-refractivity contribution in [1.82, 2.24) is 0 Å². The van der Waals surface area contributed by atoms with Crippen LogP contribution in [0.2, 0.25) is 0 Å². The Hall–Kier alpha value is -2.16. The number of hydrogen-bond donors (Lipinski definition) is 0. The predicted octanol–water partition coefficient (Wildman–Crippen LogP) is 7.24. The van der Waals surface area contributed by atoms with Crippen LogP contribution < -0.4 is 0 Å². The molecule has 0 heterocycles. The average Bonchev–Trinajstić information content (AvgIpc) is 3.11. The van der Waals surface area contributed by atoms with Gasteiger partial charge in [0.25, 0.3) is 0 Å². The van der Waals surface area contributed by atoms with Gasteiger partial charge in [-0.05, 0) is 65.8 Å². The lowest BCUT2D eigenvalue weighted by atomic mass is 10.1. The molecule has 26 heavy (non-hydrogen) atoms. The van der Waals surface area contributed by atoms with E-state index in [0.717, 1.165) is 0 Å². The van der Waals surface area contributed by atoms with Crippen molar-refractivity contribution in [3.63, 3.8) is 0 Å². The van der Waals surface area contributed by atoms with E-state index in [1.54, 1.807) is 0 Å². The average molecular weight is 371 g/mol. The van der Waals surface area contributed by atoms with Crippen LogP contribution in [0.15, 0.2) is 105 Å². The highest BCUT2D eigenvalue weighted by atomic mass is 32.2. The fourth-order valence-corrected chi connectivity index (χ4v) is 5.73. The molecular formula is C24H18S2. The van der Waals surface area contributed by atoms with Crippen LogP contribution in [0, 0.1) is 0 Å². The second-order valence-electron chi connectivity index (χ2n) is 6.53. The highest BCUT2D eigenvalue weighted by Gasteiger charge is 2.19. The van der Waals surface area contributed by atoms with Gasteiger partial charge in [0.15, 0.2) is 0 Å². The van der Waals surface area contributed by atoms with Gasteiger partial charge in [0, 0.05) is 25.0 Å². The fourth-order valence-electron chi connectivity index (χ4n) is 3.67. The third kappa shape index (κ3) is 2.94. The molecule has 0 saturated carbocycles. The van der Waals surface area contributed by atoms with Crippen LogP contribution in [0.1, 0.15) is 11.1 Å². The molecule has 0 aromatic heterocycles. The molecule has 0 bridgehead atoms. The number of hydrogen-bond acceptors (Lipinski definition) is 2. The van der Waals surface area contributed by atoms with Crippen LogP contribution >= 0.6 is 23.5 Å². The Morgan fingerprint density at radius 3 is 1.38 bits per heavy atom. The van der Waals surface area contributed by atoms with E-state index in [4.69, 9.17) is 0 Å². The van der Waals surface area contributed by atoms with Gasteiger partial charge in [0.2, 0.25) is 0 Å². The largest absolute Gasteiger partial charge is 0.0894 e. The van der Waals surface area contributed by atoms with E-state index < -0.39 is 0 Å². The van der Waals surface area contributed by atoms with Gasteiger partial charge in [-0.25, -0.2) is 0 Å². The topological polar surface area (TPSA) is 0 Å². The van der Waals surface area contributed by atoms with Gasteiger partial charge in [0.1, 0.15) is 0 Å². The minimum absolute atomic E-state index is 1.17. The van der Waals surface area contributed by atoms with Crippen molar-refractivity contribution < 1.29 is 0 Å². The SMILES string of the molecule is c1ccc(Sc2ccc3c4c(ccc(Sc5ccccc5)c24)CC3)cc1. The Balaban J connectivity index is 1.68. The van der Waals surface area contributed by atoms with E-state index in [1.165, 1.54) is 54.3 Å². The third-order valence-corrected chi connectivity index (χ3v) is 7.00. The molecule has 5 rings (SSSR count). The van der Waals surface area contributed by atoms with Crippen LogP contribution in [0.4, 0.5) is 0 Å². The summed E-state index contributed by atoms with van der Waals surface area (Å²) in [5.41, 5.74) is 3.01. The summed E-state index contributed by atoms with van der Waals surface area (Å²) in [6.07, 6.45) is 2.34. The minimum Gasteiger partial charge on any atom is -0.0894 e. The molecule has 0 saturated heterocycles. The van der Waals surface area contributed by atoms with Crippen molar-refractivity contribution >= 4 is 34.3 Å². The van der Waals surface area contributed by atoms with E-state index in [9.17, 15) is 0 Å². The van der Waals surface area contributed by atoms with Gasteiger partial charge >= 0.3 is 0 Å². The zero-order valence-electron chi connectivity index (χ0n) is 14.3. The van der Waals surface area contributed by atoms with E-state index in [2.05, 4.69) is 84.9 Å². The summed E-state index contributed by atoms with van der Waals surface area (Å²) in [6, 6.07) is 30.7. The molecule has 0 unspecified atom stereocenters. The molecule has 126 valence electrons. The first kappa shape index (κ1) is 16.0. The van der Waals surface area contributed by atoms with Crippen molar-refractivity contribution in [2.45, 2.75) is 32.4 Å². The Labute approximate surface area is 162 Å². The van der Waals surface area contributed by atoms with Crippen molar-refractivity contribution in [3.8, 4) is 0 Å². The Bertz CT molecular complexity index is 985.